The summed E-state index contributed by atoms with van der Waals surface area (Å²) in [6.07, 6.45) is 2.22. The Morgan fingerprint density at radius 3 is 2.84 bits per heavy atom. The van der Waals surface area contributed by atoms with E-state index in [0.29, 0.717) is 18.7 Å². The molecular weight excluding hydrogens is 364 g/mol. The van der Waals surface area contributed by atoms with Gasteiger partial charge in [-0.2, -0.15) is 4.31 Å². The first-order valence-electron chi connectivity index (χ1n) is 8.20. The lowest BCUT2D eigenvalue weighted by molar-refractivity contribution is 0.368. The molecule has 0 saturated carbocycles. The predicted octanol–water partition coefficient (Wildman–Crippen LogP) is 3.73. The van der Waals surface area contributed by atoms with Crippen LogP contribution >= 0.6 is 11.6 Å². The molecule has 2 heterocycles. The normalized spacial score (nSPS) is 18.6. The first kappa shape index (κ1) is 18.2. The molecule has 0 aliphatic carbocycles. The summed E-state index contributed by atoms with van der Waals surface area (Å²) < 4.78 is 38.4. The van der Waals surface area contributed by atoms with Gasteiger partial charge in [0.1, 0.15) is 11.5 Å². The molecule has 1 aromatic carbocycles. The highest BCUT2D eigenvalue weighted by molar-refractivity contribution is 7.89. The smallest absolute Gasteiger partial charge is 0.243 e. The number of benzene rings is 1. The lowest BCUT2D eigenvalue weighted by Crippen LogP contribution is -2.31. The summed E-state index contributed by atoms with van der Waals surface area (Å²) in [5, 5.41) is 4.30. The third-order valence-electron chi connectivity index (χ3n) is 4.57. The van der Waals surface area contributed by atoms with E-state index in [1.807, 2.05) is 13.8 Å². The number of methoxy groups -OCH3 is 1. The highest BCUT2D eigenvalue weighted by Gasteiger charge is 2.39. The fraction of sp³-hybridized carbons (Fsp3) is 0.471. The van der Waals surface area contributed by atoms with Crippen molar-refractivity contribution >= 4 is 21.6 Å². The maximum absolute atomic E-state index is 13.2. The van der Waals surface area contributed by atoms with E-state index >= 15 is 0 Å². The van der Waals surface area contributed by atoms with Gasteiger partial charge < -0.3 is 9.26 Å². The van der Waals surface area contributed by atoms with E-state index in [2.05, 4.69) is 5.16 Å². The number of hydrogen-bond donors (Lipinski definition) is 0. The number of aromatic nitrogens is 1. The van der Waals surface area contributed by atoms with Crippen molar-refractivity contribution in [1.82, 2.24) is 9.46 Å². The second kappa shape index (κ2) is 6.97. The van der Waals surface area contributed by atoms with E-state index in [-0.39, 0.29) is 16.0 Å². The van der Waals surface area contributed by atoms with Gasteiger partial charge in [-0.25, -0.2) is 8.42 Å². The van der Waals surface area contributed by atoms with E-state index in [9.17, 15) is 8.42 Å². The molecule has 6 nitrogen and oxygen atoms in total. The van der Waals surface area contributed by atoms with Gasteiger partial charge in [0.25, 0.3) is 0 Å². The van der Waals surface area contributed by atoms with Crippen molar-refractivity contribution in [3.05, 3.63) is 40.2 Å². The molecule has 1 atom stereocenters. The summed E-state index contributed by atoms with van der Waals surface area (Å²) in [6.45, 7) is 4.29. The maximum Gasteiger partial charge on any atom is 0.243 e. The zero-order chi connectivity index (χ0) is 18.2. The molecule has 25 heavy (non-hydrogen) atoms. The monoisotopic (exact) mass is 384 g/mol. The molecule has 0 amide bonds. The van der Waals surface area contributed by atoms with Crippen molar-refractivity contribution in [2.24, 2.45) is 0 Å². The van der Waals surface area contributed by atoms with Crippen LogP contribution in [0.1, 0.15) is 42.8 Å². The van der Waals surface area contributed by atoms with Crippen LogP contribution in [0.25, 0.3) is 0 Å². The highest BCUT2D eigenvalue weighted by atomic mass is 35.5. The summed E-state index contributed by atoms with van der Waals surface area (Å²) in [4.78, 5) is 0.164. The van der Waals surface area contributed by atoms with E-state index in [4.69, 9.17) is 20.9 Å². The number of rotatable bonds is 5. The highest BCUT2D eigenvalue weighted by Crippen LogP contribution is 2.40. The number of aryl methyl sites for hydroxylation is 2. The van der Waals surface area contributed by atoms with E-state index in [1.54, 1.807) is 6.07 Å². The largest absolute Gasteiger partial charge is 0.495 e. The van der Waals surface area contributed by atoms with Gasteiger partial charge in [0.15, 0.2) is 0 Å². The third-order valence-corrected chi connectivity index (χ3v) is 6.77. The second-order valence-electron chi connectivity index (χ2n) is 6.03. The Kier molecular flexibility index (Phi) is 5.09. The zero-order valence-electron chi connectivity index (χ0n) is 14.5. The van der Waals surface area contributed by atoms with Crippen LogP contribution in [0.4, 0.5) is 0 Å². The van der Waals surface area contributed by atoms with Crippen LogP contribution in [0.2, 0.25) is 5.02 Å². The lowest BCUT2D eigenvalue weighted by atomic mass is 10.0. The molecule has 1 aromatic heterocycles. The molecule has 1 saturated heterocycles. The standard InChI is InChI=1S/C17H21ClN2O4S/c1-4-15-17(11(2)19-24-15)14-6-5-9-20(14)25(21,22)12-7-8-16(23-3)13(18)10-12/h7-8,10,14H,4-6,9H2,1-3H3/t14-/m1/s1. The first-order chi connectivity index (χ1) is 11.9. The van der Waals surface area contributed by atoms with Crippen molar-refractivity contribution < 1.29 is 17.7 Å². The molecule has 3 rings (SSSR count). The Balaban J connectivity index is 2.01. The van der Waals surface area contributed by atoms with Gasteiger partial charge in [0.05, 0.1) is 28.8 Å². The second-order valence-corrected chi connectivity index (χ2v) is 8.33. The van der Waals surface area contributed by atoms with Gasteiger partial charge in [-0.15, -0.1) is 0 Å². The molecule has 8 heteroatoms. The minimum atomic E-state index is -3.68. The van der Waals surface area contributed by atoms with Crippen molar-refractivity contribution in [1.29, 1.82) is 0 Å². The number of nitrogens with zero attached hydrogens (tertiary/aromatic N) is 2. The SMILES string of the molecule is CCc1onc(C)c1[C@H]1CCCN1S(=O)(=O)c1ccc(OC)c(Cl)c1. The molecule has 0 spiro atoms. The van der Waals surface area contributed by atoms with Gasteiger partial charge in [-0.1, -0.05) is 23.7 Å². The molecule has 0 bridgehead atoms. The first-order valence-corrected chi connectivity index (χ1v) is 10.0. The topological polar surface area (TPSA) is 72.6 Å². The van der Waals surface area contributed by atoms with Crippen LogP contribution in [-0.4, -0.2) is 31.5 Å². The fourth-order valence-electron chi connectivity index (χ4n) is 3.36. The minimum Gasteiger partial charge on any atom is -0.495 e. The summed E-state index contributed by atoms with van der Waals surface area (Å²) in [5.74, 6) is 1.19. The van der Waals surface area contributed by atoms with Gasteiger partial charge >= 0.3 is 0 Å². The van der Waals surface area contributed by atoms with Crippen LogP contribution in [0.3, 0.4) is 0 Å². The summed E-state index contributed by atoms with van der Waals surface area (Å²) in [5.41, 5.74) is 1.64. The molecule has 2 aromatic rings. The molecule has 136 valence electrons. The molecule has 0 radical (unpaired) electrons. The molecule has 0 unspecified atom stereocenters. The Morgan fingerprint density at radius 2 is 2.20 bits per heavy atom. The number of ether oxygens (including phenoxy) is 1. The number of hydrogen-bond acceptors (Lipinski definition) is 5. The Morgan fingerprint density at radius 1 is 1.44 bits per heavy atom. The summed E-state index contributed by atoms with van der Waals surface area (Å²) >= 11 is 6.12. The van der Waals surface area contributed by atoms with Crippen LogP contribution in [0.5, 0.6) is 5.75 Å². The molecule has 1 fully saturated rings. The van der Waals surface area contributed by atoms with Gasteiger partial charge in [-0.3, -0.25) is 0 Å². The zero-order valence-corrected chi connectivity index (χ0v) is 16.0. The molecular formula is C17H21ClN2O4S. The minimum absolute atomic E-state index is 0.164. The maximum atomic E-state index is 13.2. The van der Waals surface area contributed by atoms with Crippen molar-refractivity contribution in [2.45, 2.75) is 44.0 Å². The van der Waals surface area contributed by atoms with Gasteiger partial charge in [0, 0.05) is 18.5 Å². The molecule has 0 N–H and O–H groups in total. The Hall–Kier alpha value is -1.57. The van der Waals surface area contributed by atoms with Crippen molar-refractivity contribution in [3.8, 4) is 5.75 Å². The number of halogens is 1. The Labute approximate surface area is 152 Å². The quantitative estimate of drug-likeness (QED) is 0.785. The van der Waals surface area contributed by atoms with E-state index in [0.717, 1.165) is 29.9 Å². The summed E-state index contributed by atoms with van der Waals surface area (Å²) in [7, 11) is -2.19. The lowest BCUT2D eigenvalue weighted by Gasteiger charge is -2.24. The fourth-order valence-corrected chi connectivity index (χ4v) is 5.38. The van der Waals surface area contributed by atoms with Crippen LogP contribution in [0, 0.1) is 6.92 Å². The van der Waals surface area contributed by atoms with Crippen LogP contribution in [-0.2, 0) is 16.4 Å². The number of sulfonamides is 1. The molecule has 1 aliphatic rings. The van der Waals surface area contributed by atoms with Gasteiger partial charge in [-0.05, 0) is 38.0 Å². The van der Waals surface area contributed by atoms with Crippen LogP contribution < -0.4 is 4.74 Å². The third kappa shape index (κ3) is 3.16. The average Bonchev–Trinajstić information content (AvgIpc) is 3.20. The van der Waals surface area contributed by atoms with E-state index < -0.39 is 10.0 Å². The van der Waals surface area contributed by atoms with E-state index in [1.165, 1.54) is 23.5 Å². The van der Waals surface area contributed by atoms with Crippen LogP contribution in [0.15, 0.2) is 27.6 Å². The van der Waals surface area contributed by atoms with Gasteiger partial charge in [0.2, 0.25) is 10.0 Å². The predicted molar refractivity (Wildman–Crippen MR) is 94.5 cm³/mol. The average molecular weight is 385 g/mol. The molecule has 1 aliphatic heterocycles. The van der Waals surface area contributed by atoms with Crippen molar-refractivity contribution in [2.75, 3.05) is 13.7 Å². The summed E-state index contributed by atoms with van der Waals surface area (Å²) in [6, 6.07) is 4.28. The van der Waals surface area contributed by atoms with Crippen molar-refractivity contribution in [3.63, 3.8) is 0 Å². The Bertz CT molecular complexity index is 879.